The third-order valence-electron chi connectivity index (χ3n) is 2.36. The SMILES string of the molecule is O=C(CSCc1ccc(Cl)cc1)Nc1cccnc1. The fraction of sp³-hybridized carbons (Fsp3) is 0.143. The first kappa shape index (κ1) is 13.9. The monoisotopic (exact) mass is 292 g/mol. The standard InChI is InChI=1S/C14H13ClN2OS/c15-12-5-3-11(4-6-12)9-19-10-14(18)17-13-2-1-7-16-8-13/h1-8H,9-10H2,(H,17,18). The second-order valence-corrected chi connectivity index (χ2v) is 5.33. The van der Waals surface area contributed by atoms with Gasteiger partial charge in [0.2, 0.25) is 5.91 Å². The van der Waals surface area contributed by atoms with Crippen LogP contribution in [0.2, 0.25) is 5.02 Å². The lowest BCUT2D eigenvalue weighted by molar-refractivity contribution is -0.113. The molecule has 1 heterocycles. The second-order valence-electron chi connectivity index (χ2n) is 3.91. The predicted octanol–water partition coefficient (Wildman–Crippen LogP) is 3.61. The van der Waals surface area contributed by atoms with Crippen LogP contribution in [0.5, 0.6) is 0 Å². The largest absolute Gasteiger partial charge is 0.324 e. The summed E-state index contributed by atoms with van der Waals surface area (Å²) in [6.07, 6.45) is 3.30. The molecular weight excluding hydrogens is 280 g/mol. The molecule has 0 spiro atoms. The van der Waals surface area contributed by atoms with Gasteiger partial charge in [-0.1, -0.05) is 23.7 Å². The van der Waals surface area contributed by atoms with Crippen LogP contribution in [-0.2, 0) is 10.5 Å². The smallest absolute Gasteiger partial charge is 0.234 e. The molecule has 0 atom stereocenters. The van der Waals surface area contributed by atoms with E-state index < -0.39 is 0 Å². The molecular formula is C14H13ClN2OS. The number of nitrogens with one attached hydrogen (secondary N) is 1. The highest BCUT2D eigenvalue weighted by Gasteiger charge is 2.02. The maximum absolute atomic E-state index is 11.7. The summed E-state index contributed by atoms with van der Waals surface area (Å²) >= 11 is 7.37. The van der Waals surface area contributed by atoms with Gasteiger partial charge in [0.15, 0.2) is 0 Å². The zero-order valence-corrected chi connectivity index (χ0v) is 11.7. The van der Waals surface area contributed by atoms with Crippen LogP contribution < -0.4 is 5.32 Å². The van der Waals surface area contributed by atoms with Gasteiger partial charge in [-0.3, -0.25) is 9.78 Å². The fourth-order valence-electron chi connectivity index (χ4n) is 1.48. The van der Waals surface area contributed by atoms with Crippen molar-refractivity contribution in [2.75, 3.05) is 11.1 Å². The van der Waals surface area contributed by atoms with E-state index in [1.165, 1.54) is 0 Å². The Morgan fingerprint density at radius 2 is 2.05 bits per heavy atom. The summed E-state index contributed by atoms with van der Waals surface area (Å²) in [4.78, 5) is 15.6. The lowest BCUT2D eigenvalue weighted by atomic mass is 10.2. The topological polar surface area (TPSA) is 42.0 Å². The van der Waals surface area contributed by atoms with Crippen molar-refractivity contribution in [3.63, 3.8) is 0 Å². The Balaban J connectivity index is 1.74. The van der Waals surface area contributed by atoms with Gasteiger partial charge < -0.3 is 5.32 Å². The summed E-state index contributed by atoms with van der Waals surface area (Å²) in [5.41, 5.74) is 1.88. The van der Waals surface area contributed by atoms with Crippen molar-refractivity contribution in [3.05, 3.63) is 59.4 Å². The van der Waals surface area contributed by atoms with Crippen LogP contribution in [-0.4, -0.2) is 16.6 Å². The van der Waals surface area contributed by atoms with Gasteiger partial charge in [-0.2, -0.15) is 0 Å². The zero-order chi connectivity index (χ0) is 13.5. The number of halogens is 1. The average Bonchev–Trinajstić information content (AvgIpc) is 2.42. The number of amides is 1. The molecule has 3 nitrogen and oxygen atoms in total. The van der Waals surface area contributed by atoms with E-state index in [4.69, 9.17) is 11.6 Å². The first-order valence-corrected chi connectivity index (χ1v) is 7.29. The molecule has 2 aromatic rings. The minimum atomic E-state index is -0.0213. The van der Waals surface area contributed by atoms with E-state index in [0.717, 1.165) is 22.0 Å². The van der Waals surface area contributed by atoms with Crippen LogP contribution >= 0.6 is 23.4 Å². The molecule has 2 rings (SSSR count). The molecule has 0 saturated carbocycles. The minimum absolute atomic E-state index is 0.0213. The van der Waals surface area contributed by atoms with E-state index in [1.54, 1.807) is 30.2 Å². The number of thioether (sulfide) groups is 1. The van der Waals surface area contributed by atoms with Gasteiger partial charge in [-0.15, -0.1) is 11.8 Å². The summed E-state index contributed by atoms with van der Waals surface area (Å²) in [6, 6.07) is 11.2. The van der Waals surface area contributed by atoms with E-state index in [9.17, 15) is 4.79 Å². The molecule has 0 bridgehead atoms. The molecule has 1 N–H and O–H groups in total. The van der Waals surface area contributed by atoms with Gasteiger partial charge in [0.1, 0.15) is 0 Å². The lowest BCUT2D eigenvalue weighted by Crippen LogP contribution is -2.14. The van der Waals surface area contributed by atoms with Gasteiger partial charge in [0.25, 0.3) is 0 Å². The Labute approximate surface area is 121 Å². The Bertz CT molecular complexity index is 531. The number of carbonyl (C=O) groups excluding carboxylic acids is 1. The fourth-order valence-corrected chi connectivity index (χ4v) is 2.39. The van der Waals surface area contributed by atoms with Gasteiger partial charge in [0.05, 0.1) is 17.6 Å². The minimum Gasteiger partial charge on any atom is -0.324 e. The summed E-state index contributed by atoms with van der Waals surface area (Å²) in [6.45, 7) is 0. The Hall–Kier alpha value is -1.52. The molecule has 1 amide bonds. The molecule has 0 fully saturated rings. The van der Waals surface area contributed by atoms with E-state index in [2.05, 4.69) is 10.3 Å². The molecule has 0 saturated heterocycles. The second kappa shape index (κ2) is 7.16. The third kappa shape index (κ3) is 4.93. The van der Waals surface area contributed by atoms with Gasteiger partial charge >= 0.3 is 0 Å². The highest BCUT2D eigenvalue weighted by Crippen LogP contribution is 2.15. The van der Waals surface area contributed by atoms with Crippen molar-refractivity contribution in [3.8, 4) is 0 Å². The van der Waals surface area contributed by atoms with Crippen molar-refractivity contribution in [1.82, 2.24) is 4.98 Å². The van der Waals surface area contributed by atoms with E-state index >= 15 is 0 Å². The molecule has 0 aliphatic heterocycles. The predicted molar refractivity (Wildman–Crippen MR) is 80.5 cm³/mol. The molecule has 0 aliphatic rings. The van der Waals surface area contributed by atoms with Crippen LogP contribution in [0.15, 0.2) is 48.8 Å². The highest BCUT2D eigenvalue weighted by atomic mass is 35.5. The summed E-state index contributed by atoms with van der Waals surface area (Å²) in [7, 11) is 0. The number of pyridine rings is 1. The molecule has 0 unspecified atom stereocenters. The first-order valence-electron chi connectivity index (χ1n) is 5.76. The molecule has 0 radical (unpaired) electrons. The van der Waals surface area contributed by atoms with E-state index in [1.807, 2.05) is 30.3 Å². The number of nitrogens with zero attached hydrogens (tertiary/aromatic N) is 1. The number of benzene rings is 1. The van der Waals surface area contributed by atoms with Crippen molar-refractivity contribution in [2.24, 2.45) is 0 Å². The highest BCUT2D eigenvalue weighted by molar-refractivity contribution is 7.99. The van der Waals surface area contributed by atoms with Crippen LogP contribution in [0, 0.1) is 0 Å². The normalized spacial score (nSPS) is 10.2. The number of aromatic nitrogens is 1. The lowest BCUT2D eigenvalue weighted by Gasteiger charge is -2.04. The Morgan fingerprint density at radius 1 is 1.26 bits per heavy atom. The van der Waals surface area contributed by atoms with Gasteiger partial charge in [-0.25, -0.2) is 0 Å². The Kier molecular flexibility index (Phi) is 5.24. The van der Waals surface area contributed by atoms with Crippen LogP contribution in [0.1, 0.15) is 5.56 Å². The van der Waals surface area contributed by atoms with Crippen molar-refractivity contribution in [1.29, 1.82) is 0 Å². The van der Waals surface area contributed by atoms with Gasteiger partial charge in [-0.05, 0) is 29.8 Å². The van der Waals surface area contributed by atoms with Crippen molar-refractivity contribution >= 4 is 35.0 Å². The molecule has 98 valence electrons. The quantitative estimate of drug-likeness (QED) is 0.915. The summed E-state index contributed by atoms with van der Waals surface area (Å²) in [5.74, 6) is 1.18. The molecule has 1 aromatic heterocycles. The van der Waals surface area contributed by atoms with Crippen molar-refractivity contribution < 1.29 is 4.79 Å². The maximum Gasteiger partial charge on any atom is 0.234 e. The number of rotatable bonds is 5. The summed E-state index contributed by atoms with van der Waals surface area (Å²) in [5, 5.41) is 3.52. The molecule has 0 aliphatic carbocycles. The van der Waals surface area contributed by atoms with Crippen LogP contribution in [0.4, 0.5) is 5.69 Å². The van der Waals surface area contributed by atoms with Crippen molar-refractivity contribution in [2.45, 2.75) is 5.75 Å². The van der Waals surface area contributed by atoms with E-state index in [0.29, 0.717) is 5.75 Å². The number of hydrogen-bond acceptors (Lipinski definition) is 3. The Morgan fingerprint density at radius 3 is 2.74 bits per heavy atom. The first-order chi connectivity index (χ1) is 9.24. The van der Waals surface area contributed by atoms with Gasteiger partial charge in [0, 0.05) is 17.0 Å². The molecule has 1 aromatic carbocycles. The third-order valence-corrected chi connectivity index (χ3v) is 3.62. The van der Waals surface area contributed by atoms with Crippen LogP contribution in [0.3, 0.4) is 0 Å². The number of anilines is 1. The number of hydrogen-bond donors (Lipinski definition) is 1. The van der Waals surface area contributed by atoms with E-state index in [-0.39, 0.29) is 5.91 Å². The molecule has 19 heavy (non-hydrogen) atoms. The zero-order valence-electron chi connectivity index (χ0n) is 10.2. The van der Waals surface area contributed by atoms with Crippen LogP contribution in [0.25, 0.3) is 0 Å². The number of carbonyl (C=O) groups is 1. The maximum atomic E-state index is 11.7. The average molecular weight is 293 g/mol. The molecule has 5 heteroatoms. The summed E-state index contributed by atoms with van der Waals surface area (Å²) < 4.78 is 0.